The van der Waals surface area contributed by atoms with E-state index in [1.807, 2.05) is 0 Å². The van der Waals surface area contributed by atoms with E-state index < -0.39 is 0 Å². The van der Waals surface area contributed by atoms with Crippen molar-refractivity contribution in [3.05, 3.63) is 12.2 Å². The van der Waals surface area contributed by atoms with Crippen molar-refractivity contribution in [1.82, 2.24) is 10.2 Å². The molecule has 2 rings (SSSR count). The molecule has 2 heterocycles. The quantitative estimate of drug-likeness (QED) is 0.787. The molecule has 108 valence electrons. The van der Waals surface area contributed by atoms with Gasteiger partial charge in [-0.05, 0) is 32.3 Å². The number of nitrogens with one attached hydrogen (secondary N) is 1. The lowest BCUT2D eigenvalue weighted by Crippen LogP contribution is -2.63. The third-order valence-corrected chi connectivity index (χ3v) is 3.88. The van der Waals surface area contributed by atoms with Crippen LogP contribution in [-0.2, 0) is 0 Å². The first-order valence-electron chi connectivity index (χ1n) is 7.40. The second kappa shape index (κ2) is 4.93. The summed E-state index contributed by atoms with van der Waals surface area (Å²) >= 11 is 0. The third kappa shape index (κ3) is 3.82. The molecule has 1 saturated heterocycles. The van der Waals surface area contributed by atoms with Gasteiger partial charge in [-0.25, -0.2) is 0 Å². The van der Waals surface area contributed by atoms with Gasteiger partial charge in [0.25, 0.3) is 0 Å². The summed E-state index contributed by atoms with van der Waals surface area (Å²) < 4.78 is 0. The fourth-order valence-electron chi connectivity index (χ4n) is 2.64. The second-order valence-corrected chi connectivity index (χ2v) is 8.03. The number of nitrogens with zero attached hydrogens (tertiary/aromatic N) is 2. The maximum atomic E-state index is 4.76. The van der Waals surface area contributed by atoms with Crippen molar-refractivity contribution in [3.8, 4) is 0 Å². The predicted molar refractivity (Wildman–Crippen MR) is 82.6 cm³/mol. The molecule has 0 aromatic heterocycles. The summed E-state index contributed by atoms with van der Waals surface area (Å²) in [6.07, 6.45) is 4.56. The first kappa shape index (κ1) is 14.6. The minimum Gasteiger partial charge on any atom is -0.354 e. The molecule has 0 bridgehead atoms. The summed E-state index contributed by atoms with van der Waals surface area (Å²) in [4.78, 5) is 7.13. The molecule has 2 aliphatic rings. The topological polar surface area (TPSA) is 27.6 Å². The standard InChI is InChI=1S/C16H29N3/c1-15(2,3)12-7-8-14(17-9-12)19-10-13(11-19)18-16(4,5)6/h7-8,12-13,18H,9-11H2,1-6H3. The lowest BCUT2D eigenvalue weighted by Gasteiger charge is -2.45. The lowest BCUT2D eigenvalue weighted by atomic mass is 9.80. The van der Waals surface area contributed by atoms with Crippen LogP contribution in [0.3, 0.4) is 0 Å². The number of hydrogen-bond acceptors (Lipinski definition) is 3. The van der Waals surface area contributed by atoms with Crippen LogP contribution in [0.5, 0.6) is 0 Å². The van der Waals surface area contributed by atoms with E-state index in [0.717, 1.165) is 19.6 Å². The minimum absolute atomic E-state index is 0.207. The summed E-state index contributed by atoms with van der Waals surface area (Å²) in [5.41, 5.74) is 0.523. The van der Waals surface area contributed by atoms with Gasteiger partial charge in [0, 0.05) is 37.1 Å². The lowest BCUT2D eigenvalue weighted by molar-refractivity contribution is 0.181. The normalized spacial score (nSPS) is 25.3. The molecule has 0 amide bonds. The van der Waals surface area contributed by atoms with Gasteiger partial charge in [-0.1, -0.05) is 26.8 Å². The SMILES string of the molecule is CC(C)(C)NC1CN(C2=NCC(C(C)(C)C)C=C2)C1. The van der Waals surface area contributed by atoms with Gasteiger partial charge >= 0.3 is 0 Å². The molecule has 0 saturated carbocycles. The Morgan fingerprint density at radius 1 is 1.16 bits per heavy atom. The van der Waals surface area contributed by atoms with Crippen LogP contribution in [-0.4, -0.2) is 42.0 Å². The van der Waals surface area contributed by atoms with E-state index in [4.69, 9.17) is 4.99 Å². The van der Waals surface area contributed by atoms with Crippen molar-refractivity contribution in [1.29, 1.82) is 0 Å². The van der Waals surface area contributed by atoms with Crippen molar-refractivity contribution in [2.75, 3.05) is 19.6 Å². The van der Waals surface area contributed by atoms with Crippen molar-refractivity contribution in [2.45, 2.75) is 53.1 Å². The molecule has 0 aliphatic carbocycles. The summed E-state index contributed by atoms with van der Waals surface area (Å²) in [5, 5.41) is 3.64. The predicted octanol–water partition coefficient (Wildman–Crippen LogP) is 2.69. The van der Waals surface area contributed by atoms with Crippen molar-refractivity contribution in [2.24, 2.45) is 16.3 Å². The highest BCUT2D eigenvalue weighted by Crippen LogP contribution is 2.29. The Bertz CT molecular complexity index is 376. The maximum absolute atomic E-state index is 4.76. The van der Waals surface area contributed by atoms with E-state index in [0.29, 0.717) is 17.4 Å². The van der Waals surface area contributed by atoms with Gasteiger partial charge in [0.15, 0.2) is 0 Å². The Morgan fingerprint density at radius 2 is 1.79 bits per heavy atom. The summed E-state index contributed by atoms with van der Waals surface area (Å²) in [5.74, 6) is 1.74. The largest absolute Gasteiger partial charge is 0.354 e. The molecule has 1 N–H and O–H groups in total. The van der Waals surface area contributed by atoms with Crippen LogP contribution in [0.1, 0.15) is 41.5 Å². The van der Waals surface area contributed by atoms with Crippen LogP contribution in [0.25, 0.3) is 0 Å². The summed E-state index contributed by atoms with van der Waals surface area (Å²) in [6, 6.07) is 0.608. The number of aliphatic imine (C=N–C) groups is 1. The molecule has 3 heteroatoms. The Kier molecular flexibility index (Phi) is 3.78. The van der Waals surface area contributed by atoms with Gasteiger partial charge in [0.1, 0.15) is 5.84 Å². The molecular weight excluding hydrogens is 234 g/mol. The van der Waals surface area contributed by atoms with E-state index in [1.54, 1.807) is 0 Å². The zero-order chi connectivity index (χ0) is 14.3. The van der Waals surface area contributed by atoms with Gasteiger partial charge in [-0.3, -0.25) is 4.99 Å². The van der Waals surface area contributed by atoms with E-state index in [2.05, 4.69) is 63.9 Å². The highest BCUT2D eigenvalue weighted by atomic mass is 15.3. The zero-order valence-electron chi connectivity index (χ0n) is 13.3. The second-order valence-electron chi connectivity index (χ2n) is 8.03. The van der Waals surface area contributed by atoms with Gasteiger partial charge in [0.2, 0.25) is 0 Å². The van der Waals surface area contributed by atoms with Crippen LogP contribution in [0, 0.1) is 11.3 Å². The maximum Gasteiger partial charge on any atom is 0.123 e. The summed E-state index contributed by atoms with van der Waals surface area (Å²) in [7, 11) is 0. The molecule has 19 heavy (non-hydrogen) atoms. The smallest absolute Gasteiger partial charge is 0.123 e. The van der Waals surface area contributed by atoms with Crippen molar-refractivity contribution >= 4 is 5.84 Å². The average Bonchev–Trinajstić information content (AvgIpc) is 2.20. The number of rotatable bonds is 1. The fraction of sp³-hybridized carbons (Fsp3) is 0.812. The molecule has 2 aliphatic heterocycles. The van der Waals surface area contributed by atoms with Crippen LogP contribution < -0.4 is 5.32 Å². The molecule has 1 unspecified atom stereocenters. The number of dihydropyridines is 1. The summed E-state index contributed by atoms with van der Waals surface area (Å²) in [6.45, 7) is 16.6. The molecule has 1 fully saturated rings. The molecule has 3 nitrogen and oxygen atoms in total. The van der Waals surface area contributed by atoms with Gasteiger partial charge in [-0.2, -0.15) is 0 Å². The number of amidine groups is 1. The van der Waals surface area contributed by atoms with Crippen LogP contribution in [0.4, 0.5) is 0 Å². The van der Waals surface area contributed by atoms with Gasteiger partial charge < -0.3 is 10.2 Å². The van der Waals surface area contributed by atoms with Crippen molar-refractivity contribution < 1.29 is 0 Å². The van der Waals surface area contributed by atoms with Crippen LogP contribution in [0.2, 0.25) is 0 Å². The highest BCUT2D eigenvalue weighted by molar-refractivity contribution is 5.94. The molecule has 0 radical (unpaired) electrons. The molecule has 0 aromatic rings. The third-order valence-electron chi connectivity index (χ3n) is 3.88. The van der Waals surface area contributed by atoms with Gasteiger partial charge in [0.05, 0.1) is 0 Å². The molecule has 0 aromatic carbocycles. The van der Waals surface area contributed by atoms with Crippen LogP contribution >= 0.6 is 0 Å². The zero-order valence-corrected chi connectivity index (χ0v) is 13.3. The van der Waals surface area contributed by atoms with Gasteiger partial charge in [-0.15, -0.1) is 0 Å². The van der Waals surface area contributed by atoms with E-state index in [9.17, 15) is 0 Å². The fourth-order valence-corrected chi connectivity index (χ4v) is 2.64. The van der Waals surface area contributed by atoms with E-state index in [-0.39, 0.29) is 5.54 Å². The van der Waals surface area contributed by atoms with E-state index in [1.165, 1.54) is 5.84 Å². The Hall–Kier alpha value is -0.830. The molecular formula is C16H29N3. The first-order chi connectivity index (χ1) is 8.65. The minimum atomic E-state index is 0.207. The Morgan fingerprint density at radius 3 is 2.21 bits per heavy atom. The molecule has 1 atom stereocenters. The Balaban J connectivity index is 1.82. The van der Waals surface area contributed by atoms with Crippen molar-refractivity contribution in [3.63, 3.8) is 0 Å². The molecule has 0 spiro atoms. The number of likely N-dealkylation sites (tertiary alicyclic amines) is 1. The monoisotopic (exact) mass is 263 g/mol. The average molecular weight is 263 g/mol. The first-order valence-corrected chi connectivity index (χ1v) is 7.40. The Labute approximate surface area is 118 Å². The van der Waals surface area contributed by atoms with E-state index >= 15 is 0 Å². The van der Waals surface area contributed by atoms with Crippen LogP contribution in [0.15, 0.2) is 17.1 Å². The number of hydrogen-bond donors (Lipinski definition) is 1. The highest BCUT2D eigenvalue weighted by Gasteiger charge is 2.32.